The maximum Gasteiger partial charge on any atom is 0.417 e. The third-order valence-corrected chi connectivity index (χ3v) is 2.70. The predicted octanol–water partition coefficient (Wildman–Crippen LogP) is 2.31. The van der Waals surface area contributed by atoms with Crippen molar-refractivity contribution in [3.63, 3.8) is 0 Å². The average Bonchev–Trinajstić information content (AvgIpc) is 2.26. The smallest absolute Gasteiger partial charge is 0.389 e. The van der Waals surface area contributed by atoms with Gasteiger partial charge < -0.3 is 16.0 Å². The maximum atomic E-state index is 12.8. The van der Waals surface area contributed by atoms with Crippen molar-refractivity contribution in [3.8, 4) is 0 Å². The molecular weight excluding hydrogens is 275 g/mol. The molecule has 0 heterocycles. The first-order valence-electron chi connectivity index (χ1n) is 5.61. The highest BCUT2D eigenvalue weighted by Gasteiger charge is 2.33. The van der Waals surface area contributed by atoms with Gasteiger partial charge in [0.15, 0.2) is 0 Å². The normalized spacial score (nSPS) is 11.7. The molecule has 3 N–H and O–H groups in total. The zero-order chi connectivity index (χ0) is 14.6. The number of alkyl halides is 3. The summed E-state index contributed by atoms with van der Waals surface area (Å²) in [7, 11) is 3.82. The highest BCUT2D eigenvalue weighted by atomic mass is 32.1. The van der Waals surface area contributed by atoms with Gasteiger partial charge in [0.05, 0.1) is 5.56 Å². The van der Waals surface area contributed by atoms with Crippen LogP contribution in [-0.2, 0) is 6.18 Å². The van der Waals surface area contributed by atoms with Crippen LogP contribution in [0.5, 0.6) is 0 Å². The fourth-order valence-electron chi connectivity index (χ4n) is 1.53. The number of rotatable bonds is 5. The van der Waals surface area contributed by atoms with E-state index in [-0.39, 0.29) is 10.6 Å². The summed E-state index contributed by atoms with van der Waals surface area (Å²) in [4.78, 5) is 1.70. The number of nitrogens with one attached hydrogen (secondary N) is 1. The second-order valence-corrected chi connectivity index (χ2v) is 4.79. The molecule has 0 aliphatic carbocycles. The quantitative estimate of drug-likeness (QED) is 0.817. The van der Waals surface area contributed by atoms with Gasteiger partial charge in [0, 0.05) is 24.3 Å². The lowest BCUT2D eigenvalue weighted by Crippen LogP contribution is -2.22. The number of likely N-dealkylation sites (N-methyl/N-ethyl adjacent to an activating group) is 1. The zero-order valence-corrected chi connectivity index (χ0v) is 11.5. The van der Waals surface area contributed by atoms with Crippen LogP contribution in [0.2, 0.25) is 0 Å². The molecule has 0 unspecified atom stereocenters. The van der Waals surface area contributed by atoms with Gasteiger partial charge in [0.1, 0.15) is 4.99 Å². The van der Waals surface area contributed by atoms with Crippen LogP contribution < -0.4 is 11.1 Å². The Morgan fingerprint density at radius 3 is 2.47 bits per heavy atom. The van der Waals surface area contributed by atoms with E-state index in [1.54, 1.807) is 0 Å². The highest BCUT2D eigenvalue weighted by molar-refractivity contribution is 7.80. The van der Waals surface area contributed by atoms with Crippen molar-refractivity contribution < 1.29 is 13.2 Å². The highest BCUT2D eigenvalue weighted by Crippen LogP contribution is 2.33. The number of halogens is 3. The predicted molar refractivity (Wildman–Crippen MR) is 74.4 cm³/mol. The lowest BCUT2D eigenvalue weighted by molar-refractivity contribution is -0.137. The number of nitrogens with two attached hydrogens (primary N) is 1. The molecule has 1 aromatic rings. The molecular formula is C12H16F3N3S. The van der Waals surface area contributed by atoms with Crippen LogP contribution in [0, 0.1) is 0 Å². The second kappa shape index (κ2) is 6.21. The summed E-state index contributed by atoms with van der Waals surface area (Å²) in [6.45, 7) is 1.39. The Hall–Kier alpha value is -1.34. The minimum Gasteiger partial charge on any atom is -0.389 e. The topological polar surface area (TPSA) is 41.3 Å². The molecule has 0 aliphatic rings. The number of benzene rings is 1. The van der Waals surface area contributed by atoms with E-state index in [1.165, 1.54) is 12.1 Å². The second-order valence-electron chi connectivity index (χ2n) is 4.35. The van der Waals surface area contributed by atoms with Gasteiger partial charge in [-0.15, -0.1) is 0 Å². The lowest BCUT2D eigenvalue weighted by atomic mass is 10.1. The molecule has 0 aliphatic heterocycles. The van der Waals surface area contributed by atoms with Gasteiger partial charge in [-0.2, -0.15) is 13.2 Å². The molecule has 0 aromatic heterocycles. The van der Waals surface area contributed by atoms with Crippen molar-refractivity contribution in [2.24, 2.45) is 5.73 Å². The van der Waals surface area contributed by atoms with Gasteiger partial charge in [0.25, 0.3) is 0 Å². The Kier molecular flexibility index (Phi) is 5.13. The van der Waals surface area contributed by atoms with Crippen LogP contribution >= 0.6 is 12.2 Å². The molecule has 1 aromatic carbocycles. The molecule has 7 heteroatoms. The Morgan fingerprint density at radius 1 is 1.37 bits per heavy atom. The first kappa shape index (κ1) is 15.7. The fourth-order valence-corrected chi connectivity index (χ4v) is 1.70. The fraction of sp³-hybridized carbons (Fsp3) is 0.417. The number of anilines is 1. The van der Waals surface area contributed by atoms with Crippen LogP contribution in [0.4, 0.5) is 18.9 Å². The summed E-state index contributed by atoms with van der Waals surface area (Å²) in [5.74, 6) is 0. The molecule has 0 amide bonds. The van der Waals surface area contributed by atoms with Crippen molar-refractivity contribution in [3.05, 3.63) is 29.3 Å². The summed E-state index contributed by atoms with van der Waals surface area (Å²) in [6.07, 6.45) is -4.46. The van der Waals surface area contributed by atoms with Crippen LogP contribution in [0.25, 0.3) is 0 Å². The molecule has 0 bridgehead atoms. The summed E-state index contributed by atoms with van der Waals surface area (Å²) in [5.41, 5.74) is 4.96. The maximum absolute atomic E-state index is 12.8. The van der Waals surface area contributed by atoms with E-state index in [1.807, 2.05) is 19.0 Å². The van der Waals surface area contributed by atoms with E-state index in [9.17, 15) is 13.2 Å². The molecule has 0 saturated carbocycles. The number of hydrogen-bond acceptors (Lipinski definition) is 3. The van der Waals surface area contributed by atoms with Crippen LogP contribution in [0.3, 0.4) is 0 Å². The average molecular weight is 291 g/mol. The SMILES string of the molecule is CN(C)CCNc1ccc(C(F)(F)F)c(C(N)=S)c1. The Morgan fingerprint density at radius 2 is 2.00 bits per heavy atom. The van der Waals surface area contributed by atoms with E-state index in [4.69, 9.17) is 5.73 Å². The molecule has 0 fully saturated rings. The van der Waals surface area contributed by atoms with Crippen molar-refractivity contribution >= 4 is 22.9 Å². The molecule has 0 atom stereocenters. The number of thiocarbonyl (C=S) groups is 1. The van der Waals surface area contributed by atoms with Crippen LogP contribution in [0.1, 0.15) is 11.1 Å². The van der Waals surface area contributed by atoms with E-state index in [2.05, 4.69) is 17.5 Å². The minimum absolute atomic E-state index is 0.155. The molecule has 3 nitrogen and oxygen atoms in total. The van der Waals surface area contributed by atoms with Crippen molar-refractivity contribution in [2.75, 3.05) is 32.5 Å². The van der Waals surface area contributed by atoms with E-state index < -0.39 is 11.7 Å². The Balaban J connectivity index is 2.94. The number of hydrogen-bond donors (Lipinski definition) is 2. The largest absolute Gasteiger partial charge is 0.417 e. The van der Waals surface area contributed by atoms with Crippen molar-refractivity contribution in [1.29, 1.82) is 0 Å². The van der Waals surface area contributed by atoms with Gasteiger partial charge in [-0.25, -0.2) is 0 Å². The Labute approximate surface area is 115 Å². The summed E-state index contributed by atoms with van der Waals surface area (Å²) in [5, 5.41) is 3.03. The van der Waals surface area contributed by atoms with E-state index >= 15 is 0 Å². The molecule has 19 heavy (non-hydrogen) atoms. The summed E-state index contributed by atoms with van der Waals surface area (Å²) >= 11 is 4.67. The monoisotopic (exact) mass is 291 g/mol. The Bertz CT molecular complexity index is 458. The van der Waals surface area contributed by atoms with Gasteiger partial charge in [-0.3, -0.25) is 0 Å². The van der Waals surface area contributed by atoms with E-state index in [0.717, 1.165) is 12.6 Å². The third kappa shape index (κ3) is 4.68. The minimum atomic E-state index is -4.46. The molecule has 0 spiro atoms. The summed E-state index contributed by atoms with van der Waals surface area (Å²) in [6, 6.07) is 3.70. The zero-order valence-electron chi connectivity index (χ0n) is 10.7. The van der Waals surface area contributed by atoms with Gasteiger partial charge in [-0.05, 0) is 32.3 Å². The first-order chi connectivity index (χ1) is 8.71. The van der Waals surface area contributed by atoms with E-state index in [0.29, 0.717) is 12.2 Å². The third-order valence-electron chi connectivity index (χ3n) is 2.48. The lowest BCUT2D eigenvalue weighted by Gasteiger charge is -2.15. The van der Waals surface area contributed by atoms with Crippen molar-refractivity contribution in [2.45, 2.75) is 6.18 Å². The molecule has 0 saturated heterocycles. The van der Waals surface area contributed by atoms with Crippen LogP contribution in [0.15, 0.2) is 18.2 Å². The molecule has 106 valence electrons. The van der Waals surface area contributed by atoms with Gasteiger partial charge >= 0.3 is 6.18 Å². The standard InChI is InChI=1S/C12H16F3N3S/c1-18(2)6-5-17-8-3-4-10(12(13,14)15)9(7-8)11(16)19/h3-4,7,17H,5-6H2,1-2H3,(H2,16,19). The first-order valence-corrected chi connectivity index (χ1v) is 6.02. The molecule has 1 rings (SSSR count). The van der Waals surface area contributed by atoms with Gasteiger partial charge in [0.2, 0.25) is 0 Å². The van der Waals surface area contributed by atoms with Gasteiger partial charge in [-0.1, -0.05) is 12.2 Å². The number of nitrogens with zero attached hydrogens (tertiary/aromatic N) is 1. The summed E-state index contributed by atoms with van der Waals surface area (Å²) < 4.78 is 38.3. The van der Waals surface area contributed by atoms with Crippen molar-refractivity contribution in [1.82, 2.24) is 4.90 Å². The molecule has 0 radical (unpaired) electrons. The van der Waals surface area contributed by atoms with Crippen LogP contribution in [-0.4, -0.2) is 37.1 Å².